The minimum absolute atomic E-state index is 0.312. The predicted molar refractivity (Wildman–Crippen MR) is 85.0 cm³/mol. The SMILES string of the molecule is COC(=O)c1ccc(NC(=O)COc2cc(F)ccc2[N+](=O)[O-])cc1. The quantitative estimate of drug-likeness (QED) is 0.488. The predicted octanol–water partition coefficient (Wildman–Crippen LogP) is 2.54. The van der Waals surface area contributed by atoms with E-state index >= 15 is 0 Å². The molecule has 0 aliphatic carbocycles. The van der Waals surface area contributed by atoms with Crippen molar-refractivity contribution in [3.05, 3.63) is 64.0 Å². The average Bonchev–Trinajstić information content (AvgIpc) is 2.59. The molecule has 0 bridgehead atoms. The number of nitrogens with zero attached hydrogens (tertiary/aromatic N) is 1. The molecule has 130 valence electrons. The number of carbonyl (C=O) groups is 2. The maximum absolute atomic E-state index is 13.2. The first-order chi connectivity index (χ1) is 11.9. The fraction of sp³-hybridized carbons (Fsp3) is 0.125. The molecule has 0 unspecified atom stereocenters. The molecule has 9 heteroatoms. The van der Waals surface area contributed by atoms with Gasteiger partial charge in [-0.05, 0) is 30.3 Å². The molecule has 0 spiro atoms. The second-order valence-electron chi connectivity index (χ2n) is 4.77. The van der Waals surface area contributed by atoms with Crippen LogP contribution in [0.25, 0.3) is 0 Å². The number of esters is 1. The Morgan fingerprint density at radius 1 is 1.20 bits per heavy atom. The van der Waals surface area contributed by atoms with E-state index in [-0.39, 0.29) is 5.75 Å². The standard InChI is InChI=1S/C16H13FN2O6/c1-24-16(21)10-2-5-12(6-3-10)18-15(20)9-25-14-8-11(17)4-7-13(14)19(22)23/h2-8H,9H2,1H3,(H,18,20). The number of benzene rings is 2. The monoisotopic (exact) mass is 348 g/mol. The maximum Gasteiger partial charge on any atom is 0.337 e. The van der Waals surface area contributed by atoms with Gasteiger partial charge in [-0.15, -0.1) is 0 Å². The number of nitro benzene ring substituents is 1. The summed E-state index contributed by atoms with van der Waals surface area (Å²) in [4.78, 5) is 33.2. The zero-order valence-corrected chi connectivity index (χ0v) is 13.0. The van der Waals surface area contributed by atoms with Crippen LogP contribution in [-0.4, -0.2) is 30.5 Å². The molecule has 0 atom stereocenters. The molecule has 2 aromatic rings. The summed E-state index contributed by atoms with van der Waals surface area (Å²) >= 11 is 0. The highest BCUT2D eigenvalue weighted by atomic mass is 19.1. The normalized spacial score (nSPS) is 10.0. The van der Waals surface area contributed by atoms with Crippen molar-refractivity contribution in [2.75, 3.05) is 19.0 Å². The summed E-state index contributed by atoms with van der Waals surface area (Å²) in [6.07, 6.45) is 0. The van der Waals surface area contributed by atoms with Crippen molar-refractivity contribution < 1.29 is 28.4 Å². The van der Waals surface area contributed by atoms with Crippen LogP contribution in [-0.2, 0) is 9.53 Å². The molecule has 0 aromatic heterocycles. The zero-order chi connectivity index (χ0) is 18.4. The van der Waals surface area contributed by atoms with Gasteiger partial charge < -0.3 is 14.8 Å². The van der Waals surface area contributed by atoms with Gasteiger partial charge in [0.25, 0.3) is 5.91 Å². The number of anilines is 1. The van der Waals surface area contributed by atoms with Gasteiger partial charge in [-0.2, -0.15) is 0 Å². The van der Waals surface area contributed by atoms with E-state index in [9.17, 15) is 24.1 Å². The molecule has 1 amide bonds. The van der Waals surface area contributed by atoms with Crippen LogP contribution in [0.5, 0.6) is 5.75 Å². The van der Waals surface area contributed by atoms with Gasteiger partial charge >= 0.3 is 11.7 Å². The van der Waals surface area contributed by atoms with E-state index in [0.29, 0.717) is 11.3 Å². The number of ether oxygens (including phenoxy) is 2. The summed E-state index contributed by atoms with van der Waals surface area (Å²) in [6, 6.07) is 8.58. The summed E-state index contributed by atoms with van der Waals surface area (Å²) in [6.45, 7) is -0.553. The summed E-state index contributed by atoms with van der Waals surface area (Å²) < 4.78 is 22.8. The minimum atomic E-state index is -0.738. The van der Waals surface area contributed by atoms with Gasteiger partial charge in [0.05, 0.1) is 17.6 Å². The molecule has 0 aliphatic heterocycles. The summed E-state index contributed by atoms with van der Waals surface area (Å²) in [5.41, 5.74) is 0.249. The number of hydrogen-bond acceptors (Lipinski definition) is 6. The molecule has 1 N–H and O–H groups in total. The number of carbonyl (C=O) groups excluding carboxylic acids is 2. The van der Waals surface area contributed by atoms with E-state index in [1.54, 1.807) is 0 Å². The molecule has 8 nitrogen and oxygen atoms in total. The number of hydrogen-bond donors (Lipinski definition) is 1. The van der Waals surface area contributed by atoms with Gasteiger partial charge in [0.2, 0.25) is 5.75 Å². The molecular formula is C16H13FN2O6. The van der Waals surface area contributed by atoms with Crippen molar-refractivity contribution in [3.8, 4) is 5.75 Å². The van der Waals surface area contributed by atoms with Gasteiger partial charge in [0.1, 0.15) is 5.82 Å². The molecule has 0 aliphatic rings. The van der Waals surface area contributed by atoms with Crippen molar-refractivity contribution in [1.82, 2.24) is 0 Å². The molecule has 0 saturated heterocycles. The Morgan fingerprint density at radius 2 is 1.88 bits per heavy atom. The second-order valence-corrected chi connectivity index (χ2v) is 4.77. The van der Waals surface area contributed by atoms with E-state index in [2.05, 4.69) is 10.1 Å². The Hall–Kier alpha value is -3.49. The molecule has 0 fully saturated rings. The van der Waals surface area contributed by atoms with Crippen LogP contribution in [0.3, 0.4) is 0 Å². The van der Waals surface area contributed by atoms with E-state index in [1.165, 1.54) is 31.4 Å². The van der Waals surface area contributed by atoms with Crippen LogP contribution in [0.15, 0.2) is 42.5 Å². The molecule has 0 saturated carbocycles. The van der Waals surface area contributed by atoms with Crippen molar-refractivity contribution >= 4 is 23.3 Å². The molecular weight excluding hydrogens is 335 g/mol. The lowest BCUT2D eigenvalue weighted by Gasteiger charge is -2.08. The third kappa shape index (κ3) is 4.74. The van der Waals surface area contributed by atoms with E-state index < -0.39 is 34.9 Å². The second kappa shape index (κ2) is 7.86. The van der Waals surface area contributed by atoms with Crippen molar-refractivity contribution in [1.29, 1.82) is 0 Å². The molecule has 2 aromatic carbocycles. The Bertz CT molecular complexity index is 807. The average molecular weight is 348 g/mol. The molecule has 0 heterocycles. The molecule has 2 rings (SSSR count). The Kier molecular flexibility index (Phi) is 5.62. The first kappa shape index (κ1) is 17.9. The largest absolute Gasteiger partial charge is 0.477 e. The minimum Gasteiger partial charge on any atom is -0.477 e. The zero-order valence-electron chi connectivity index (χ0n) is 13.0. The van der Waals surface area contributed by atoms with Crippen LogP contribution in [0.1, 0.15) is 10.4 Å². The number of halogens is 1. The Balaban J connectivity index is 1.98. The van der Waals surface area contributed by atoms with Crippen LogP contribution < -0.4 is 10.1 Å². The van der Waals surface area contributed by atoms with Crippen LogP contribution in [0.4, 0.5) is 15.8 Å². The van der Waals surface area contributed by atoms with Crippen molar-refractivity contribution in [3.63, 3.8) is 0 Å². The fourth-order valence-corrected chi connectivity index (χ4v) is 1.90. The number of rotatable bonds is 6. The lowest BCUT2D eigenvalue weighted by atomic mass is 10.2. The van der Waals surface area contributed by atoms with E-state index in [1.807, 2.05) is 0 Å². The van der Waals surface area contributed by atoms with Gasteiger partial charge in [0.15, 0.2) is 6.61 Å². The van der Waals surface area contributed by atoms with E-state index in [4.69, 9.17) is 4.74 Å². The topological polar surface area (TPSA) is 108 Å². The summed E-state index contributed by atoms with van der Waals surface area (Å²) in [5.74, 6) is -2.19. The highest BCUT2D eigenvalue weighted by Crippen LogP contribution is 2.27. The summed E-state index contributed by atoms with van der Waals surface area (Å²) in [7, 11) is 1.25. The van der Waals surface area contributed by atoms with Crippen LogP contribution >= 0.6 is 0 Å². The fourth-order valence-electron chi connectivity index (χ4n) is 1.90. The number of nitrogens with one attached hydrogen (secondary N) is 1. The van der Waals surface area contributed by atoms with Gasteiger partial charge in [-0.3, -0.25) is 14.9 Å². The lowest BCUT2D eigenvalue weighted by Crippen LogP contribution is -2.20. The molecule has 0 radical (unpaired) electrons. The van der Waals surface area contributed by atoms with Gasteiger partial charge in [0, 0.05) is 17.8 Å². The third-order valence-corrected chi connectivity index (χ3v) is 3.07. The highest BCUT2D eigenvalue weighted by Gasteiger charge is 2.17. The Morgan fingerprint density at radius 3 is 2.48 bits per heavy atom. The maximum atomic E-state index is 13.2. The Labute approximate surface area is 141 Å². The van der Waals surface area contributed by atoms with Crippen molar-refractivity contribution in [2.45, 2.75) is 0 Å². The first-order valence-electron chi connectivity index (χ1n) is 6.95. The van der Waals surface area contributed by atoms with Crippen molar-refractivity contribution in [2.24, 2.45) is 0 Å². The third-order valence-electron chi connectivity index (χ3n) is 3.07. The smallest absolute Gasteiger partial charge is 0.337 e. The number of nitro groups is 1. The highest BCUT2D eigenvalue weighted by molar-refractivity contribution is 5.93. The number of methoxy groups -OCH3 is 1. The number of amides is 1. The van der Waals surface area contributed by atoms with Gasteiger partial charge in [-0.1, -0.05) is 0 Å². The van der Waals surface area contributed by atoms with Crippen LogP contribution in [0.2, 0.25) is 0 Å². The summed E-state index contributed by atoms with van der Waals surface area (Å²) in [5, 5.41) is 13.3. The van der Waals surface area contributed by atoms with Gasteiger partial charge in [-0.25, -0.2) is 9.18 Å². The van der Waals surface area contributed by atoms with E-state index in [0.717, 1.165) is 18.2 Å². The van der Waals surface area contributed by atoms with Crippen LogP contribution in [0, 0.1) is 15.9 Å². The lowest BCUT2D eigenvalue weighted by molar-refractivity contribution is -0.385. The first-order valence-corrected chi connectivity index (χ1v) is 6.95. The molecule has 25 heavy (non-hydrogen) atoms.